The van der Waals surface area contributed by atoms with Crippen molar-refractivity contribution in [2.45, 2.75) is 39.3 Å². The van der Waals surface area contributed by atoms with Crippen molar-refractivity contribution in [3.05, 3.63) is 99.5 Å². The lowest BCUT2D eigenvalue weighted by atomic mass is 10.0. The van der Waals surface area contributed by atoms with Crippen LogP contribution >= 0.6 is 23.2 Å². The number of nitrogens with one attached hydrogen (secondary N) is 1. The van der Waals surface area contributed by atoms with Crippen molar-refractivity contribution >= 4 is 56.5 Å². The Hall–Kier alpha value is -3.40. The molecule has 0 spiro atoms. The lowest BCUT2D eigenvalue weighted by molar-refractivity contribution is -0.140. The highest BCUT2D eigenvalue weighted by atomic mass is 35.5. The number of rotatable bonds is 13. The first kappa shape index (κ1) is 32.1. The Morgan fingerprint density at radius 3 is 2.15 bits per heavy atom. The fourth-order valence-corrected chi connectivity index (χ4v) is 5.63. The maximum Gasteiger partial charge on any atom is 0.244 e. The van der Waals surface area contributed by atoms with E-state index in [1.807, 2.05) is 37.3 Å². The van der Waals surface area contributed by atoms with E-state index in [9.17, 15) is 22.8 Å². The first-order valence-corrected chi connectivity index (χ1v) is 15.7. The summed E-state index contributed by atoms with van der Waals surface area (Å²) in [6.45, 7) is 2.92. The van der Waals surface area contributed by atoms with E-state index in [1.165, 1.54) is 24.0 Å². The van der Waals surface area contributed by atoms with Gasteiger partial charge in [0, 0.05) is 40.7 Å². The van der Waals surface area contributed by atoms with Gasteiger partial charge in [0.2, 0.25) is 21.8 Å². The van der Waals surface area contributed by atoms with Crippen LogP contribution in [0, 0.1) is 0 Å². The molecule has 2 amide bonds. The summed E-state index contributed by atoms with van der Waals surface area (Å²) in [5, 5.41) is 3.48. The van der Waals surface area contributed by atoms with E-state index in [2.05, 4.69) is 5.32 Å². The summed E-state index contributed by atoms with van der Waals surface area (Å²) in [7, 11) is -3.98. The molecule has 3 aromatic carbocycles. The van der Waals surface area contributed by atoms with E-state index < -0.39 is 34.4 Å². The number of nitrogens with zero attached hydrogens (tertiary/aromatic N) is 2. The highest BCUT2D eigenvalue weighted by molar-refractivity contribution is 7.92. The molecule has 8 nitrogen and oxygen atoms in total. The van der Waals surface area contributed by atoms with Gasteiger partial charge in [0.25, 0.3) is 0 Å². The predicted molar refractivity (Wildman–Crippen MR) is 163 cm³/mol. The van der Waals surface area contributed by atoms with Gasteiger partial charge in [-0.25, -0.2) is 8.42 Å². The fourth-order valence-electron chi connectivity index (χ4n) is 4.27. The van der Waals surface area contributed by atoms with Crippen LogP contribution in [0.15, 0.2) is 72.8 Å². The standard InChI is InChI=1S/C30H33Cl2N3O5S/c1-4-16-33-30(38)28(17-22-10-6-5-7-11-22)34(19-25-26(31)14-9-15-27(25)32)29(37)20-35(41(3,39)40)24-13-8-12-23(18-24)21(2)36/h5-15,18,28H,4,16-17,19-20H2,1-3H3,(H,33,38)/t28-/m1/s1. The van der Waals surface area contributed by atoms with Gasteiger partial charge in [-0.3, -0.25) is 18.7 Å². The van der Waals surface area contributed by atoms with Crippen molar-refractivity contribution in [1.29, 1.82) is 0 Å². The van der Waals surface area contributed by atoms with Crippen molar-refractivity contribution in [2.75, 3.05) is 23.7 Å². The molecule has 0 heterocycles. The van der Waals surface area contributed by atoms with Crippen LogP contribution in [0.1, 0.15) is 41.8 Å². The zero-order chi connectivity index (χ0) is 30.2. The average Bonchev–Trinajstić information content (AvgIpc) is 2.93. The average molecular weight is 619 g/mol. The molecule has 0 unspecified atom stereocenters. The number of Topliss-reactive ketones (excluding diaryl/α,β-unsaturated/α-hetero) is 1. The molecule has 1 atom stereocenters. The number of hydrogen-bond acceptors (Lipinski definition) is 5. The van der Waals surface area contributed by atoms with Crippen LogP contribution in [-0.2, 0) is 32.6 Å². The third kappa shape index (κ3) is 8.79. The van der Waals surface area contributed by atoms with Gasteiger partial charge in [0.15, 0.2) is 5.78 Å². The molecule has 1 N–H and O–H groups in total. The number of halogens is 2. The highest BCUT2D eigenvalue weighted by Gasteiger charge is 2.33. The Bertz CT molecular complexity index is 1480. The summed E-state index contributed by atoms with van der Waals surface area (Å²) < 4.78 is 26.8. The molecule has 0 saturated carbocycles. The maximum absolute atomic E-state index is 14.1. The molecule has 0 bridgehead atoms. The predicted octanol–water partition coefficient (Wildman–Crippen LogP) is 5.13. The summed E-state index contributed by atoms with van der Waals surface area (Å²) in [6, 6.07) is 19.2. The van der Waals surface area contributed by atoms with E-state index in [-0.39, 0.29) is 24.4 Å². The molecule has 0 aliphatic rings. The molecule has 218 valence electrons. The first-order valence-electron chi connectivity index (χ1n) is 13.0. The number of benzene rings is 3. The van der Waals surface area contributed by atoms with Gasteiger partial charge in [-0.05, 0) is 43.2 Å². The maximum atomic E-state index is 14.1. The first-order chi connectivity index (χ1) is 19.4. The summed E-state index contributed by atoms with van der Waals surface area (Å²) in [4.78, 5) is 41.0. The second-order valence-corrected chi connectivity index (χ2v) is 12.3. The molecule has 0 radical (unpaired) electrons. The van der Waals surface area contributed by atoms with Gasteiger partial charge in [-0.1, -0.05) is 78.7 Å². The number of sulfonamides is 1. The van der Waals surface area contributed by atoms with Gasteiger partial charge in [-0.15, -0.1) is 0 Å². The molecule has 0 aliphatic heterocycles. The minimum absolute atomic E-state index is 0.139. The van der Waals surface area contributed by atoms with Crippen molar-refractivity contribution in [2.24, 2.45) is 0 Å². The molecule has 41 heavy (non-hydrogen) atoms. The van der Waals surface area contributed by atoms with E-state index in [0.717, 1.165) is 16.1 Å². The summed E-state index contributed by atoms with van der Waals surface area (Å²) >= 11 is 12.9. The normalized spacial score (nSPS) is 11.9. The van der Waals surface area contributed by atoms with E-state index in [0.29, 0.717) is 34.1 Å². The van der Waals surface area contributed by atoms with Crippen molar-refractivity contribution in [1.82, 2.24) is 10.2 Å². The smallest absolute Gasteiger partial charge is 0.244 e. The number of carbonyl (C=O) groups excluding carboxylic acids is 3. The summed E-state index contributed by atoms with van der Waals surface area (Å²) in [6.07, 6.45) is 1.83. The van der Waals surface area contributed by atoms with Crippen LogP contribution in [0.25, 0.3) is 0 Å². The van der Waals surface area contributed by atoms with Crippen LogP contribution in [0.4, 0.5) is 5.69 Å². The third-order valence-corrected chi connectivity index (χ3v) is 8.28. The second kappa shape index (κ2) is 14.5. The Labute approximate surface area is 251 Å². The molecule has 3 aromatic rings. The Kier molecular flexibility index (Phi) is 11.3. The largest absolute Gasteiger partial charge is 0.354 e. The van der Waals surface area contributed by atoms with Crippen LogP contribution in [0.5, 0.6) is 0 Å². The Balaban J connectivity index is 2.10. The van der Waals surface area contributed by atoms with Crippen LogP contribution in [-0.4, -0.2) is 56.3 Å². The molecular weight excluding hydrogens is 585 g/mol. The van der Waals surface area contributed by atoms with Gasteiger partial charge in [0.1, 0.15) is 12.6 Å². The SMILES string of the molecule is CCCNC(=O)[C@@H](Cc1ccccc1)N(Cc1c(Cl)cccc1Cl)C(=O)CN(c1cccc(C(C)=O)c1)S(C)(=O)=O. The molecule has 0 aromatic heterocycles. The molecular formula is C30H33Cl2N3O5S. The minimum Gasteiger partial charge on any atom is -0.354 e. The third-order valence-electron chi connectivity index (χ3n) is 6.43. The number of ketones is 1. The van der Waals surface area contributed by atoms with E-state index in [4.69, 9.17) is 23.2 Å². The number of anilines is 1. The quantitative estimate of drug-likeness (QED) is 0.268. The Morgan fingerprint density at radius 1 is 0.927 bits per heavy atom. The zero-order valence-electron chi connectivity index (χ0n) is 23.1. The molecule has 0 aliphatic carbocycles. The minimum atomic E-state index is -3.98. The molecule has 0 fully saturated rings. The lowest BCUT2D eigenvalue weighted by Crippen LogP contribution is -2.53. The van der Waals surface area contributed by atoms with Gasteiger partial charge >= 0.3 is 0 Å². The number of carbonyl (C=O) groups is 3. The van der Waals surface area contributed by atoms with Crippen LogP contribution in [0.3, 0.4) is 0 Å². The zero-order valence-corrected chi connectivity index (χ0v) is 25.5. The van der Waals surface area contributed by atoms with Gasteiger partial charge < -0.3 is 10.2 Å². The van der Waals surface area contributed by atoms with E-state index in [1.54, 1.807) is 30.3 Å². The van der Waals surface area contributed by atoms with Crippen molar-refractivity contribution in [3.8, 4) is 0 Å². The van der Waals surface area contributed by atoms with Crippen molar-refractivity contribution < 1.29 is 22.8 Å². The molecule has 11 heteroatoms. The Morgan fingerprint density at radius 2 is 1.56 bits per heavy atom. The summed E-state index contributed by atoms with van der Waals surface area (Å²) in [5.41, 5.74) is 1.68. The second-order valence-electron chi connectivity index (χ2n) is 9.59. The van der Waals surface area contributed by atoms with Crippen molar-refractivity contribution in [3.63, 3.8) is 0 Å². The van der Waals surface area contributed by atoms with Gasteiger partial charge in [0.05, 0.1) is 11.9 Å². The monoisotopic (exact) mass is 617 g/mol. The van der Waals surface area contributed by atoms with E-state index >= 15 is 0 Å². The van der Waals surface area contributed by atoms with Crippen LogP contribution in [0.2, 0.25) is 10.0 Å². The topological polar surface area (TPSA) is 104 Å². The fraction of sp³-hybridized carbons (Fsp3) is 0.300. The molecule has 0 saturated heterocycles. The lowest BCUT2D eigenvalue weighted by Gasteiger charge is -2.34. The van der Waals surface area contributed by atoms with Crippen LogP contribution < -0.4 is 9.62 Å². The molecule has 3 rings (SSSR count). The highest BCUT2D eigenvalue weighted by Crippen LogP contribution is 2.28. The number of hydrogen-bond donors (Lipinski definition) is 1. The number of amides is 2. The summed E-state index contributed by atoms with van der Waals surface area (Å²) in [5.74, 6) is -1.29. The van der Waals surface area contributed by atoms with Gasteiger partial charge in [-0.2, -0.15) is 0 Å².